The highest BCUT2D eigenvalue weighted by Gasteiger charge is 2.56. The molecule has 44 heavy (non-hydrogen) atoms. The summed E-state index contributed by atoms with van der Waals surface area (Å²) in [5, 5.41) is 61.5. The van der Waals surface area contributed by atoms with E-state index < -0.39 is 73.3 Å². The van der Waals surface area contributed by atoms with E-state index in [1.54, 1.807) is 6.08 Å². The summed E-state index contributed by atoms with van der Waals surface area (Å²) in [5.74, 6) is -0.465. The van der Waals surface area contributed by atoms with E-state index in [2.05, 4.69) is 20.8 Å². The van der Waals surface area contributed by atoms with Crippen LogP contribution in [0.5, 0.6) is 0 Å². The molecule has 1 saturated carbocycles. The highest BCUT2D eigenvalue weighted by molar-refractivity contribution is 5.90. The molecule has 6 N–H and O–H groups in total. The number of hydrogen-bond donors (Lipinski definition) is 6. The quantitative estimate of drug-likeness (QED) is 0.185. The Morgan fingerprint density at radius 3 is 2.50 bits per heavy atom. The van der Waals surface area contributed by atoms with Crippen molar-refractivity contribution in [2.24, 2.45) is 22.7 Å². The fourth-order valence-corrected chi connectivity index (χ4v) is 7.86. The lowest BCUT2D eigenvalue weighted by Gasteiger charge is -2.58. The predicted molar refractivity (Wildman–Crippen MR) is 150 cm³/mol. The van der Waals surface area contributed by atoms with Crippen molar-refractivity contribution in [2.75, 3.05) is 26.4 Å². The first-order valence-corrected chi connectivity index (χ1v) is 15.5. The van der Waals surface area contributed by atoms with E-state index in [-0.39, 0.29) is 23.9 Å². The fraction of sp³-hybridized carbons (Fsp3) is 0.806. The lowest BCUT2D eigenvalue weighted by Crippen LogP contribution is -2.60. The van der Waals surface area contributed by atoms with Gasteiger partial charge in [0, 0.05) is 17.1 Å². The van der Waals surface area contributed by atoms with Gasteiger partial charge in [0.2, 0.25) is 6.29 Å². The van der Waals surface area contributed by atoms with Crippen molar-refractivity contribution in [1.82, 2.24) is 0 Å². The normalized spacial score (nSPS) is 45.8. The van der Waals surface area contributed by atoms with Crippen molar-refractivity contribution < 1.29 is 63.9 Å². The molecular weight excluding hydrogens is 580 g/mol. The van der Waals surface area contributed by atoms with Gasteiger partial charge in [-0.1, -0.05) is 26.8 Å². The van der Waals surface area contributed by atoms with Crippen molar-refractivity contribution in [2.45, 2.75) is 108 Å². The molecule has 12 unspecified atom stereocenters. The van der Waals surface area contributed by atoms with Crippen molar-refractivity contribution in [3.63, 3.8) is 0 Å². The Kier molecular flexibility index (Phi) is 9.64. The minimum atomic E-state index is -1.92. The monoisotopic (exact) mass is 626 g/mol. The largest absolute Gasteiger partial charge is 0.458 e. The molecule has 3 aliphatic heterocycles. The molecule has 0 radical (unpaired) electrons. The van der Waals surface area contributed by atoms with Crippen LogP contribution in [0.25, 0.3) is 0 Å². The molecule has 0 aromatic carbocycles. The van der Waals surface area contributed by atoms with Gasteiger partial charge < -0.3 is 54.3 Å². The van der Waals surface area contributed by atoms with Crippen LogP contribution >= 0.6 is 0 Å². The molecule has 3 fully saturated rings. The number of aliphatic hydroxyl groups excluding tert-OH is 5. The van der Waals surface area contributed by atoms with Gasteiger partial charge in [-0.25, -0.2) is 9.59 Å². The summed E-state index contributed by atoms with van der Waals surface area (Å²) >= 11 is 0. The molecule has 0 spiro atoms. The number of cyclic esters (lactones) is 1. The zero-order valence-electron chi connectivity index (χ0n) is 25.5. The highest BCUT2D eigenvalue weighted by Crippen LogP contribution is 2.62. The number of hydrogen-bond acceptors (Lipinski definition) is 13. The summed E-state index contributed by atoms with van der Waals surface area (Å²) in [7, 11) is 0. The average molecular weight is 627 g/mol. The minimum absolute atomic E-state index is 0.127. The molecule has 5 aliphatic rings. The summed E-state index contributed by atoms with van der Waals surface area (Å²) in [6.07, 6.45) is -2.74. The van der Waals surface area contributed by atoms with Crippen LogP contribution in [0.15, 0.2) is 23.3 Å². The molecule has 3 heterocycles. The Morgan fingerprint density at radius 1 is 1.09 bits per heavy atom. The topological polar surface area (TPSA) is 202 Å². The Morgan fingerprint density at radius 2 is 1.84 bits per heavy atom. The number of allylic oxidation sites excluding steroid dienone is 1. The van der Waals surface area contributed by atoms with Gasteiger partial charge in [0.05, 0.1) is 19.8 Å². The van der Waals surface area contributed by atoms with Crippen LogP contribution in [0.4, 0.5) is 0 Å². The van der Waals surface area contributed by atoms with Crippen molar-refractivity contribution in [1.29, 1.82) is 0 Å². The Balaban J connectivity index is 1.26. The molecule has 13 nitrogen and oxygen atoms in total. The van der Waals surface area contributed by atoms with Gasteiger partial charge in [-0.05, 0) is 61.3 Å². The second-order valence-corrected chi connectivity index (χ2v) is 13.7. The maximum Gasteiger partial charge on any atom is 0.336 e. The third-order valence-electron chi connectivity index (χ3n) is 11.0. The van der Waals surface area contributed by atoms with Crippen LogP contribution in [-0.2, 0) is 33.3 Å². The molecular formula is C31H46O13. The number of ether oxygens (including phenoxy) is 5. The summed E-state index contributed by atoms with van der Waals surface area (Å²) in [5.41, 5.74) is -1.10. The molecule has 5 rings (SSSR count). The van der Waals surface area contributed by atoms with Gasteiger partial charge in [-0.3, -0.25) is 0 Å². The lowest BCUT2D eigenvalue weighted by molar-refractivity contribution is -0.301. The second kappa shape index (κ2) is 12.7. The second-order valence-electron chi connectivity index (χ2n) is 13.7. The molecule has 0 aromatic rings. The Bertz CT molecular complexity index is 1160. The molecule has 0 bridgehead atoms. The molecule has 2 aliphatic carbocycles. The number of carbonyl (C=O) groups excluding carboxylic acids is 2. The molecule has 248 valence electrons. The summed E-state index contributed by atoms with van der Waals surface area (Å²) in [6.45, 7) is 5.29. The highest BCUT2D eigenvalue weighted by atomic mass is 16.7. The summed E-state index contributed by atoms with van der Waals surface area (Å²) in [4.78, 5) is 25.3. The molecule has 13 heteroatoms. The first-order chi connectivity index (χ1) is 20.7. The third-order valence-corrected chi connectivity index (χ3v) is 11.0. The number of rotatable bonds is 9. The van der Waals surface area contributed by atoms with E-state index in [1.807, 2.05) is 6.08 Å². The van der Waals surface area contributed by atoms with Crippen LogP contribution in [0.2, 0.25) is 0 Å². The van der Waals surface area contributed by atoms with Crippen LogP contribution in [0.1, 0.15) is 59.3 Å². The van der Waals surface area contributed by atoms with Gasteiger partial charge in [0.15, 0.2) is 6.29 Å². The van der Waals surface area contributed by atoms with Gasteiger partial charge in [-0.2, -0.15) is 0 Å². The van der Waals surface area contributed by atoms with E-state index in [4.69, 9.17) is 23.7 Å². The maximum absolute atomic E-state index is 13.8. The van der Waals surface area contributed by atoms with E-state index in [0.717, 1.165) is 37.7 Å². The molecule has 12 atom stereocenters. The smallest absolute Gasteiger partial charge is 0.336 e. The van der Waals surface area contributed by atoms with E-state index in [0.29, 0.717) is 24.5 Å². The number of esters is 2. The maximum atomic E-state index is 13.8. The molecule has 0 amide bonds. The standard InChI is InChI=1S/C31H46O13/c1-16-7-9-30(3)18(5-4-6-20(30)29(16,2)10-8-17-11-21(33)40-12-17)26(38)44-27-24(36)23(35)22(34)19(43-27)13-41-28-25(37)31(39,14-32)15-42-28/h5,11,16,19-20,22-25,27-28,32,34-37,39H,4,6-10,12-15H2,1-3H3. The lowest BCUT2D eigenvalue weighted by atomic mass is 9.46. The van der Waals surface area contributed by atoms with E-state index >= 15 is 0 Å². The number of carbonyl (C=O) groups is 2. The van der Waals surface area contributed by atoms with Crippen LogP contribution in [0, 0.1) is 22.7 Å². The Labute approximate surface area is 256 Å². The fourth-order valence-electron chi connectivity index (χ4n) is 7.86. The van der Waals surface area contributed by atoms with E-state index in [1.165, 1.54) is 0 Å². The van der Waals surface area contributed by atoms with Crippen molar-refractivity contribution in [3.05, 3.63) is 23.3 Å². The zero-order valence-corrected chi connectivity index (χ0v) is 25.5. The number of fused-ring (bicyclic) bond motifs is 1. The van der Waals surface area contributed by atoms with Gasteiger partial charge >= 0.3 is 11.9 Å². The number of aliphatic hydroxyl groups is 6. The van der Waals surface area contributed by atoms with Gasteiger partial charge in [0.1, 0.15) is 42.7 Å². The predicted octanol–water partition coefficient (Wildman–Crippen LogP) is -0.163. The third kappa shape index (κ3) is 5.98. The van der Waals surface area contributed by atoms with Crippen molar-refractivity contribution >= 4 is 11.9 Å². The SMILES string of the molecule is CC1CCC2(C)C(C(=O)OC3OC(COC4OCC(O)(CO)C4O)C(O)C(O)C3O)=CCCC2C1(C)CCC1=CC(=O)OC1. The zero-order chi connectivity index (χ0) is 32.0. The van der Waals surface area contributed by atoms with Crippen molar-refractivity contribution in [3.8, 4) is 0 Å². The van der Waals surface area contributed by atoms with E-state index in [9.17, 15) is 40.2 Å². The van der Waals surface area contributed by atoms with Crippen LogP contribution in [0.3, 0.4) is 0 Å². The minimum Gasteiger partial charge on any atom is -0.458 e. The van der Waals surface area contributed by atoms with Gasteiger partial charge in [0.25, 0.3) is 0 Å². The summed E-state index contributed by atoms with van der Waals surface area (Å²) < 4.78 is 27.1. The van der Waals surface area contributed by atoms with Gasteiger partial charge in [-0.15, -0.1) is 0 Å². The van der Waals surface area contributed by atoms with Crippen LogP contribution in [-0.4, -0.2) is 118 Å². The molecule has 2 saturated heterocycles. The Hall–Kier alpha value is -1.94. The summed E-state index contributed by atoms with van der Waals surface area (Å²) in [6, 6.07) is 0. The first-order valence-electron chi connectivity index (χ1n) is 15.5. The van der Waals surface area contributed by atoms with Crippen LogP contribution < -0.4 is 0 Å². The molecule has 0 aromatic heterocycles. The average Bonchev–Trinajstić information content (AvgIpc) is 3.55. The first kappa shape index (κ1) is 33.4.